The van der Waals surface area contributed by atoms with Crippen LogP contribution in [0, 0.1) is 17.5 Å². The highest BCUT2D eigenvalue weighted by molar-refractivity contribution is 6.30. The van der Waals surface area contributed by atoms with Crippen LogP contribution in [0.2, 0.25) is 5.02 Å². The Labute approximate surface area is 163 Å². The van der Waals surface area contributed by atoms with Crippen LogP contribution in [-0.4, -0.2) is 29.4 Å². The number of benzene rings is 2. The summed E-state index contributed by atoms with van der Waals surface area (Å²) in [6, 6.07) is 8.74. The molecule has 3 rings (SSSR count). The number of nitrogens with one attached hydrogen (secondary N) is 1. The second-order valence-corrected chi connectivity index (χ2v) is 6.50. The number of oxazole rings is 1. The van der Waals surface area contributed by atoms with Crippen LogP contribution < -0.4 is 5.32 Å². The van der Waals surface area contributed by atoms with Crippen molar-refractivity contribution >= 4 is 23.2 Å². The van der Waals surface area contributed by atoms with Crippen molar-refractivity contribution in [1.82, 2.24) is 9.88 Å². The molecule has 0 aliphatic rings. The molecule has 0 aliphatic heterocycles. The summed E-state index contributed by atoms with van der Waals surface area (Å²) >= 11 is 5.85. The van der Waals surface area contributed by atoms with Crippen molar-refractivity contribution in [2.24, 2.45) is 0 Å². The number of aromatic nitrogens is 1. The van der Waals surface area contributed by atoms with Gasteiger partial charge in [-0.1, -0.05) is 11.6 Å². The molecule has 3 aromatic rings. The second kappa shape index (κ2) is 8.45. The van der Waals surface area contributed by atoms with Crippen molar-refractivity contribution in [2.45, 2.75) is 6.54 Å². The third kappa shape index (κ3) is 4.71. The van der Waals surface area contributed by atoms with Crippen molar-refractivity contribution in [2.75, 3.05) is 18.9 Å². The van der Waals surface area contributed by atoms with E-state index in [0.717, 1.165) is 17.7 Å². The monoisotopic (exact) mass is 409 g/mol. The fraction of sp³-hybridized carbons (Fsp3) is 0.158. The molecule has 1 amide bonds. The summed E-state index contributed by atoms with van der Waals surface area (Å²) in [5.74, 6) is -4.09. The average Bonchev–Trinajstić information content (AvgIpc) is 3.11. The van der Waals surface area contributed by atoms with Gasteiger partial charge in [-0.15, -0.1) is 0 Å². The van der Waals surface area contributed by atoms with Gasteiger partial charge in [0.05, 0.1) is 25.0 Å². The maximum absolute atomic E-state index is 13.6. The van der Waals surface area contributed by atoms with Crippen molar-refractivity contribution < 1.29 is 22.4 Å². The van der Waals surface area contributed by atoms with Gasteiger partial charge in [-0.05, 0) is 43.4 Å². The molecule has 0 saturated heterocycles. The van der Waals surface area contributed by atoms with Crippen LogP contribution in [0.1, 0.15) is 5.89 Å². The lowest BCUT2D eigenvalue weighted by molar-refractivity contribution is -0.117. The minimum atomic E-state index is -1.64. The highest BCUT2D eigenvalue weighted by Gasteiger charge is 2.17. The summed E-state index contributed by atoms with van der Waals surface area (Å²) in [6.45, 7) is 0.0678. The van der Waals surface area contributed by atoms with Gasteiger partial charge in [0, 0.05) is 10.6 Å². The summed E-state index contributed by atoms with van der Waals surface area (Å²) < 4.78 is 45.4. The number of halogens is 4. The van der Waals surface area contributed by atoms with E-state index >= 15 is 0 Å². The molecule has 0 unspecified atom stereocenters. The number of carbonyl (C=O) groups excluding carboxylic acids is 1. The van der Waals surface area contributed by atoms with Crippen LogP contribution >= 0.6 is 11.6 Å². The summed E-state index contributed by atoms with van der Waals surface area (Å²) in [5.41, 5.74) is 0.371. The van der Waals surface area contributed by atoms with Crippen LogP contribution in [0.5, 0.6) is 0 Å². The van der Waals surface area contributed by atoms with Crippen LogP contribution in [0.3, 0.4) is 0 Å². The van der Waals surface area contributed by atoms with Crippen LogP contribution in [0.15, 0.2) is 47.0 Å². The normalized spacial score (nSPS) is 11.1. The van der Waals surface area contributed by atoms with Crippen LogP contribution in [0.4, 0.5) is 18.9 Å². The number of carbonyl (C=O) groups is 1. The van der Waals surface area contributed by atoms with Gasteiger partial charge in [0.2, 0.25) is 11.8 Å². The average molecular weight is 410 g/mol. The molecule has 146 valence electrons. The number of anilines is 1. The maximum Gasteiger partial charge on any atom is 0.238 e. The Morgan fingerprint density at radius 1 is 1.14 bits per heavy atom. The summed E-state index contributed by atoms with van der Waals surface area (Å²) in [7, 11) is 1.63. The van der Waals surface area contributed by atoms with E-state index in [2.05, 4.69) is 10.3 Å². The topological polar surface area (TPSA) is 58.4 Å². The van der Waals surface area contributed by atoms with Crippen LogP contribution in [0.25, 0.3) is 11.3 Å². The molecule has 28 heavy (non-hydrogen) atoms. The minimum Gasteiger partial charge on any atom is -0.439 e. The Bertz CT molecular complexity index is 993. The molecule has 5 nitrogen and oxygen atoms in total. The minimum absolute atomic E-state index is 0.142. The zero-order valence-corrected chi connectivity index (χ0v) is 15.4. The SMILES string of the molecule is CN(CC(=O)Nc1ccc(F)c(F)c1F)Cc1ncc(-c2ccc(Cl)cc2)o1. The molecule has 0 spiro atoms. The Hall–Kier alpha value is -2.84. The van der Waals surface area contributed by atoms with Crippen molar-refractivity contribution in [1.29, 1.82) is 0 Å². The zero-order valence-electron chi connectivity index (χ0n) is 14.7. The van der Waals surface area contributed by atoms with E-state index in [9.17, 15) is 18.0 Å². The van der Waals surface area contributed by atoms with E-state index in [-0.39, 0.29) is 13.1 Å². The van der Waals surface area contributed by atoms with Crippen molar-refractivity contribution in [3.8, 4) is 11.3 Å². The molecule has 0 saturated carbocycles. The van der Waals surface area contributed by atoms with Gasteiger partial charge in [-0.3, -0.25) is 9.69 Å². The van der Waals surface area contributed by atoms with Crippen molar-refractivity contribution in [3.05, 3.63) is 71.0 Å². The molecule has 1 aromatic heterocycles. The van der Waals surface area contributed by atoms with Gasteiger partial charge < -0.3 is 9.73 Å². The van der Waals surface area contributed by atoms with E-state index in [1.165, 1.54) is 0 Å². The van der Waals surface area contributed by atoms with Gasteiger partial charge >= 0.3 is 0 Å². The quantitative estimate of drug-likeness (QED) is 0.610. The third-order valence-corrected chi connectivity index (χ3v) is 4.06. The molecule has 1 heterocycles. The number of rotatable bonds is 6. The molecule has 0 fully saturated rings. The highest BCUT2D eigenvalue weighted by atomic mass is 35.5. The molecule has 9 heteroatoms. The fourth-order valence-electron chi connectivity index (χ4n) is 2.48. The lowest BCUT2D eigenvalue weighted by Crippen LogP contribution is -2.30. The van der Waals surface area contributed by atoms with Gasteiger partial charge in [-0.25, -0.2) is 18.2 Å². The second-order valence-electron chi connectivity index (χ2n) is 6.07. The smallest absolute Gasteiger partial charge is 0.238 e. The molecular formula is C19H15ClF3N3O2. The Kier molecular flexibility index (Phi) is 6.01. The number of hydrogen-bond donors (Lipinski definition) is 1. The summed E-state index contributed by atoms with van der Waals surface area (Å²) in [6.07, 6.45) is 1.56. The fourth-order valence-corrected chi connectivity index (χ4v) is 2.60. The molecule has 2 aromatic carbocycles. The Morgan fingerprint density at radius 3 is 2.57 bits per heavy atom. The lowest BCUT2D eigenvalue weighted by atomic mass is 10.2. The molecule has 0 aliphatic carbocycles. The van der Waals surface area contributed by atoms with E-state index in [1.807, 2.05) is 0 Å². The first kappa shape index (κ1) is 19.9. The van der Waals surface area contributed by atoms with Crippen molar-refractivity contribution in [3.63, 3.8) is 0 Å². The molecule has 1 N–H and O–H groups in total. The van der Waals surface area contributed by atoms with Gasteiger partial charge in [0.25, 0.3) is 0 Å². The largest absolute Gasteiger partial charge is 0.439 e. The Morgan fingerprint density at radius 2 is 1.86 bits per heavy atom. The molecule has 0 radical (unpaired) electrons. The number of nitrogens with zero attached hydrogens (tertiary/aromatic N) is 2. The summed E-state index contributed by atoms with van der Waals surface area (Å²) in [5, 5.41) is 2.81. The molecule has 0 bridgehead atoms. The van der Waals surface area contributed by atoms with Gasteiger partial charge in [-0.2, -0.15) is 0 Å². The molecule has 0 atom stereocenters. The predicted molar refractivity (Wildman–Crippen MR) is 98.2 cm³/mol. The third-order valence-electron chi connectivity index (χ3n) is 3.81. The number of hydrogen-bond acceptors (Lipinski definition) is 4. The Balaban J connectivity index is 1.58. The first-order valence-electron chi connectivity index (χ1n) is 8.16. The van der Waals surface area contributed by atoms with E-state index in [1.54, 1.807) is 42.4 Å². The highest BCUT2D eigenvalue weighted by Crippen LogP contribution is 2.23. The zero-order chi connectivity index (χ0) is 20.3. The first-order chi connectivity index (χ1) is 13.3. The van der Waals surface area contributed by atoms with Gasteiger partial charge in [0.1, 0.15) is 0 Å². The van der Waals surface area contributed by atoms with Crippen LogP contribution in [-0.2, 0) is 11.3 Å². The number of likely N-dealkylation sites (N-methyl/N-ethyl adjacent to an activating group) is 1. The van der Waals surface area contributed by atoms with E-state index < -0.39 is 29.0 Å². The maximum atomic E-state index is 13.6. The van der Waals surface area contributed by atoms with E-state index in [4.69, 9.17) is 16.0 Å². The lowest BCUT2D eigenvalue weighted by Gasteiger charge is -2.14. The first-order valence-corrected chi connectivity index (χ1v) is 8.54. The summed E-state index contributed by atoms with van der Waals surface area (Å²) in [4.78, 5) is 17.8. The molecular weight excluding hydrogens is 395 g/mol. The number of amides is 1. The predicted octanol–water partition coefficient (Wildman–Crippen LogP) is 4.48. The van der Waals surface area contributed by atoms with Gasteiger partial charge in [0.15, 0.2) is 23.2 Å². The van der Waals surface area contributed by atoms with E-state index in [0.29, 0.717) is 16.7 Å². The standard InChI is InChI=1S/C19H15ClF3N3O2/c1-26(9-16(27)25-14-7-6-13(21)18(22)19(14)23)10-17-24-8-15(28-17)11-2-4-12(20)5-3-11/h2-8H,9-10H2,1H3,(H,25,27).